The van der Waals surface area contributed by atoms with Crippen molar-refractivity contribution in [2.75, 3.05) is 20.3 Å². The molecule has 28 heavy (non-hydrogen) atoms. The molecule has 0 fully saturated rings. The molecule has 0 atom stereocenters. The molecule has 0 bridgehead atoms. The molecule has 0 saturated heterocycles. The van der Waals surface area contributed by atoms with Crippen molar-refractivity contribution in [3.8, 4) is 11.5 Å². The zero-order valence-electron chi connectivity index (χ0n) is 16.2. The van der Waals surface area contributed by atoms with E-state index < -0.39 is 11.6 Å². The lowest BCUT2D eigenvalue weighted by Crippen LogP contribution is -2.41. The molecule has 2 aromatic rings. The molecule has 150 valence electrons. The number of methoxy groups -OCH3 is 1. The SMILES string of the molecule is COc1ccccc1CCNC(=O)COC(=O)C(C)(C)Oc1ccc(Cl)cc1. The fraction of sp³-hybridized carbons (Fsp3) is 0.333. The average Bonchev–Trinajstić information content (AvgIpc) is 2.68. The van der Waals surface area contributed by atoms with Gasteiger partial charge in [-0.1, -0.05) is 29.8 Å². The van der Waals surface area contributed by atoms with Gasteiger partial charge in [-0.25, -0.2) is 4.79 Å². The van der Waals surface area contributed by atoms with Crippen molar-refractivity contribution in [1.82, 2.24) is 5.32 Å². The minimum Gasteiger partial charge on any atom is -0.496 e. The molecule has 2 aromatic carbocycles. The largest absolute Gasteiger partial charge is 0.496 e. The number of para-hydroxylation sites is 1. The van der Waals surface area contributed by atoms with Gasteiger partial charge in [-0.05, 0) is 56.2 Å². The maximum absolute atomic E-state index is 12.2. The summed E-state index contributed by atoms with van der Waals surface area (Å²) < 4.78 is 16.0. The van der Waals surface area contributed by atoms with E-state index in [0.717, 1.165) is 11.3 Å². The summed E-state index contributed by atoms with van der Waals surface area (Å²) >= 11 is 5.83. The summed E-state index contributed by atoms with van der Waals surface area (Å²) in [6.07, 6.45) is 0.606. The van der Waals surface area contributed by atoms with E-state index in [0.29, 0.717) is 23.7 Å². The van der Waals surface area contributed by atoms with Gasteiger partial charge in [-0.15, -0.1) is 0 Å². The number of hydrogen-bond donors (Lipinski definition) is 1. The Hall–Kier alpha value is -2.73. The Morgan fingerprint density at radius 2 is 1.75 bits per heavy atom. The smallest absolute Gasteiger partial charge is 0.350 e. The third-order valence-corrected chi connectivity index (χ3v) is 4.17. The molecule has 0 heterocycles. The van der Waals surface area contributed by atoms with Gasteiger partial charge in [0.15, 0.2) is 12.2 Å². The number of benzene rings is 2. The number of carbonyl (C=O) groups excluding carboxylic acids is 2. The van der Waals surface area contributed by atoms with Gasteiger partial charge in [-0.3, -0.25) is 4.79 Å². The molecule has 0 aromatic heterocycles. The molecular weight excluding hydrogens is 382 g/mol. The van der Waals surface area contributed by atoms with Crippen LogP contribution in [0.5, 0.6) is 11.5 Å². The van der Waals surface area contributed by atoms with Crippen molar-refractivity contribution in [1.29, 1.82) is 0 Å². The van der Waals surface area contributed by atoms with E-state index in [-0.39, 0.29) is 12.5 Å². The standard InChI is InChI=1S/C21H24ClNO5/c1-21(2,28-17-10-8-16(22)9-11-17)20(25)27-14-19(24)23-13-12-15-6-4-5-7-18(15)26-3/h4-11H,12-14H2,1-3H3,(H,23,24). The molecule has 1 amide bonds. The summed E-state index contributed by atoms with van der Waals surface area (Å²) in [5.41, 5.74) is -0.259. The maximum Gasteiger partial charge on any atom is 0.350 e. The lowest BCUT2D eigenvalue weighted by Gasteiger charge is -2.24. The number of esters is 1. The quantitative estimate of drug-likeness (QED) is 0.647. The van der Waals surface area contributed by atoms with Gasteiger partial charge < -0.3 is 19.5 Å². The van der Waals surface area contributed by atoms with Crippen LogP contribution >= 0.6 is 11.6 Å². The van der Waals surface area contributed by atoms with Gasteiger partial charge in [0.1, 0.15) is 11.5 Å². The number of rotatable bonds is 9. The second kappa shape index (κ2) is 9.99. The van der Waals surface area contributed by atoms with Gasteiger partial charge >= 0.3 is 5.97 Å². The normalized spacial score (nSPS) is 10.9. The van der Waals surface area contributed by atoms with E-state index in [2.05, 4.69) is 5.32 Å². The molecule has 6 nitrogen and oxygen atoms in total. The fourth-order valence-electron chi connectivity index (χ4n) is 2.44. The van der Waals surface area contributed by atoms with E-state index in [1.54, 1.807) is 45.2 Å². The predicted molar refractivity (Wildman–Crippen MR) is 107 cm³/mol. The number of carbonyl (C=O) groups is 2. The van der Waals surface area contributed by atoms with E-state index in [4.69, 9.17) is 25.8 Å². The van der Waals surface area contributed by atoms with Crippen LogP contribution in [0.2, 0.25) is 5.02 Å². The van der Waals surface area contributed by atoms with Crippen LogP contribution in [0.15, 0.2) is 48.5 Å². The zero-order chi connectivity index (χ0) is 20.6. The molecule has 0 spiro atoms. The summed E-state index contributed by atoms with van der Waals surface area (Å²) in [6, 6.07) is 14.2. The first-order valence-corrected chi connectivity index (χ1v) is 9.20. The average molecular weight is 406 g/mol. The summed E-state index contributed by atoms with van der Waals surface area (Å²) in [6.45, 7) is 3.17. The molecule has 1 N–H and O–H groups in total. The van der Waals surface area contributed by atoms with E-state index in [1.807, 2.05) is 24.3 Å². The summed E-state index contributed by atoms with van der Waals surface area (Å²) in [4.78, 5) is 24.2. The number of hydrogen-bond acceptors (Lipinski definition) is 5. The highest BCUT2D eigenvalue weighted by atomic mass is 35.5. The van der Waals surface area contributed by atoms with Crippen LogP contribution in [0.25, 0.3) is 0 Å². The first-order valence-electron chi connectivity index (χ1n) is 8.82. The van der Waals surface area contributed by atoms with E-state index in [1.165, 1.54) is 0 Å². The summed E-state index contributed by atoms with van der Waals surface area (Å²) in [5.74, 6) is 0.227. The van der Waals surface area contributed by atoms with Crippen molar-refractivity contribution in [3.63, 3.8) is 0 Å². The molecule has 0 radical (unpaired) electrons. The van der Waals surface area contributed by atoms with Crippen LogP contribution in [0.4, 0.5) is 0 Å². The van der Waals surface area contributed by atoms with Crippen molar-refractivity contribution in [2.24, 2.45) is 0 Å². The topological polar surface area (TPSA) is 73.9 Å². The van der Waals surface area contributed by atoms with Crippen molar-refractivity contribution in [3.05, 3.63) is 59.1 Å². The Labute approximate surface area is 169 Å². The van der Waals surface area contributed by atoms with Crippen LogP contribution in [0, 0.1) is 0 Å². The second-order valence-corrected chi connectivity index (χ2v) is 6.99. The minimum atomic E-state index is -1.24. The number of nitrogens with one attached hydrogen (secondary N) is 1. The van der Waals surface area contributed by atoms with Crippen LogP contribution < -0.4 is 14.8 Å². The van der Waals surface area contributed by atoms with Crippen molar-refractivity contribution < 1.29 is 23.8 Å². The van der Waals surface area contributed by atoms with Gasteiger partial charge in [0.25, 0.3) is 5.91 Å². The van der Waals surface area contributed by atoms with Crippen LogP contribution in [-0.4, -0.2) is 37.7 Å². The minimum absolute atomic E-state index is 0.377. The molecule has 0 aliphatic carbocycles. The Kier molecular flexibility index (Phi) is 7.70. The fourth-order valence-corrected chi connectivity index (χ4v) is 2.57. The molecule has 2 rings (SSSR count). The Balaban J connectivity index is 1.76. The van der Waals surface area contributed by atoms with Crippen LogP contribution in [0.1, 0.15) is 19.4 Å². The first-order chi connectivity index (χ1) is 13.3. The molecule has 7 heteroatoms. The summed E-state index contributed by atoms with van der Waals surface area (Å²) in [5, 5.41) is 3.29. The van der Waals surface area contributed by atoms with Gasteiger partial charge in [0.05, 0.1) is 7.11 Å². The molecule has 0 aliphatic rings. The first kappa shape index (κ1) is 21.6. The van der Waals surface area contributed by atoms with E-state index in [9.17, 15) is 9.59 Å². The zero-order valence-corrected chi connectivity index (χ0v) is 16.9. The highest BCUT2D eigenvalue weighted by molar-refractivity contribution is 6.30. The monoisotopic (exact) mass is 405 g/mol. The number of amides is 1. The highest BCUT2D eigenvalue weighted by Crippen LogP contribution is 2.21. The molecule has 0 aliphatic heterocycles. The summed E-state index contributed by atoms with van der Waals surface area (Å²) in [7, 11) is 1.60. The van der Waals surface area contributed by atoms with E-state index >= 15 is 0 Å². The van der Waals surface area contributed by atoms with Crippen molar-refractivity contribution >= 4 is 23.5 Å². The predicted octanol–water partition coefficient (Wildman–Crippen LogP) is 3.41. The Morgan fingerprint density at radius 1 is 1.07 bits per heavy atom. The molecule has 0 unspecified atom stereocenters. The molecular formula is C21H24ClNO5. The Bertz CT molecular complexity index is 805. The second-order valence-electron chi connectivity index (χ2n) is 6.55. The third kappa shape index (κ3) is 6.46. The van der Waals surface area contributed by atoms with Gasteiger partial charge in [-0.2, -0.15) is 0 Å². The van der Waals surface area contributed by atoms with Crippen molar-refractivity contribution in [2.45, 2.75) is 25.9 Å². The lowest BCUT2D eigenvalue weighted by molar-refractivity contribution is -0.162. The van der Waals surface area contributed by atoms with Crippen LogP contribution in [-0.2, 0) is 20.7 Å². The van der Waals surface area contributed by atoms with Gasteiger partial charge in [0, 0.05) is 11.6 Å². The number of halogens is 1. The van der Waals surface area contributed by atoms with Crippen LogP contribution in [0.3, 0.4) is 0 Å². The maximum atomic E-state index is 12.2. The lowest BCUT2D eigenvalue weighted by atomic mass is 10.1. The van der Waals surface area contributed by atoms with Gasteiger partial charge in [0.2, 0.25) is 0 Å². The third-order valence-electron chi connectivity index (χ3n) is 3.92. The number of ether oxygens (including phenoxy) is 3. The highest BCUT2D eigenvalue weighted by Gasteiger charge is 2.32. The molecule has 0 saturated carbocycles. The Morgan fingerprint density at radius 3 is 2.43 bits per heavy atom.